The van der Waals surface area contributed by atoms with Crippen molar-refractivity contribution < 1.29 is 4.79 Å². The molecule has 0 fully saturated rings. The fraction of sp³-hybridized carbons (Fsp3) is 0.500. The molecule has 0 radical (unpaired) electrons. The summed E-state index contributed by atoms with van der Waals surface area (Å²) in [6.45, 7) is 0. The van der Waals surface area contributed by atoms with Gasteiger partial charge in [-0.15, -0.1) is 0 Å². The summed E-state index contributed by atoms with van der Waals surface area (Å²) in [5.74, 6) is 4.24. The summed E-state index contributed by atoms with van der Waals surface area (Å²) in [6.07, 6.45) is 0. The van der Waals surface area contributed by atoms with Crippen molar-refractivity contribution in [2.45, 2.75) is 0 Å². The van der Waals surface area contributed by atoms with Crippen molar-refractivity contribution >= 4 is 28.5 Å². The first-order valence-electron chi connectivity index (χ1n) is 1.51. The van der Waals surface area contributed by atoms with Crippen molar-refractivity contribution in [2.24, 2.45) is 16.2 Å². The van der Waals surface area contributed by atoms with E-state index in [1.807, 2.05) is 22.6 Å². The van der Waals surface area contributed by atoms with Gasteiger partial charge in [0.05, 0.1) is 4.43 Å². The molecule has 0 atom stereocenters. The first-order chi connectivity index (χ1) is 3.31. The van der Waals surface area contributed by atoms with E-state index in [0.29, 0.717) is 4.43 Å². The predicted octanol–water partition coefficient (Wildman–Crippen LogP) is 0.274. The summed E-state index contributed by atoms with van der Waals surface area (Å²) >= 11 is 1.88. The van der Waals surface area contributed by atoms with Crippen LogP contribution < -0.4 is 5.84 Å². The minimum absolute atomic E-state index is 0.303. The molecule has 0 aromatic carbocycles. The molecule has 0 aromatic rings. The highest BCUT2D eigenvalue weighted by molar-refractivity contribution is 14.1. The smallest absolute Gasteiger partial charge is 0.276 e. The van der Waals surface area contributed by atoms with Gasteiger partial charge in [0.25, 0.3) is 5.91 Å². The van der Waals surface area contributed by atoms with Gasteiger partial charge in [0, 0.05) is 0 Å². The molecule has 0 rings (SSSR count). The van der Waals surface area contributed by atoms with Crippen LogP contribution in [0, 0.1) is 0 Å². The first-order valence-corrected chi connectivity index (χ1v) is 3.03. The average Bonchev–Trinajstić information content (AvgIpc) is 1.68. The molecule has 0 heterocycles. The highest BCUT2D eigenvalue weighted by Crippen LogP contribution is 1.82. The second-order valence-electron chi connectivity index (χ2n) is 0.743. The SMILES string of the molecule is NN=NC(=O)CI. The van der Waals surface area contributed by atoms with E-state index in [1.165, 1.54) is 0 Å². The van der Waals surface area contributed by atoms with Crippen LogP contribution in [-0.2, 0) is 4.79 Å². The maximum atomic E-state index is 10.1. The van der Waals surface area contributed by atoms with E-state index in [-0.39, 0.29) is 5.91 Å². The minimum Gasteiger partial charge on any atom is -0.304 e. The van der Waals surface area contributed by atoms with E-state index in [0.717, 1.165) is 0 Å². The second-order valence-corrected chi connectivity index (χ2v) is 1.51. The monoisotopic (exact) mass is 213 g/mol. The van der Waals surface area contributed by atoms with Crippen molar-refractivity contribution in [3.8, 4) is 0 Å². The number of rotatable bonds is 1. The molecule has 0 bridgehead atoms. The van der Waals surface area contributed by atoms with Crippen LogP contribution in [0.4, 0.5) is 0 Å². The molecule has 0 saturated heterocycles. The van der Waals surface area contributed by atoms with Crippen LogP contribution in [-0.4, -0.2) is 10.3 Å². The van der Waals surface area contributed by atoms with Crippen LogP contribution in [0.1, 0.15) is 0 Å². The van der Waals surface area contributed by atoms with Crippen molar-refractivity contribution in [1.82, 2.24) is 0 Å². The second kappa shape index (κ2) is 3.97. The first kappa shape index (κ1) is 6.80. The predicted molar refractivity (Wildman–Crippen MR) is 32.9 cm³/mol. The van der Waals surface area contributed by atoms with Gasteiger partial charge in [0.2, 0.25) is 0 Å². The lowest BCUT2D eigenvalue weighted by Gasteiger charge is -1.75. The van der Waals surface area contributed by atoms with Crippen molar-refractivity contribution in [3.05, 3.63) is 0 Å². The van der Waals surface area contributed by atoms with Gasteiger partial charge in [-0.2, -0.15) is 0 Å². The molecule has 2 N–H and O–H groups in total. The number of hydrogen-bond acceptors (Lipinski definition) is 2. The molecule has 0 unspecified atom stereocenters. The standard InChI is InChI=1S/C2H4IN3O/c3-1-2(7)5-6-4/h1H2,(H2,4,5,7). The third kappa shape index (κ3) is 3.64. The molecule has 0 spiro atoms. The highest BCUT2D eigenvalue weighted by Gasteiger charge is 1.89. The summed E-state index contributed by atoms with van der Waals surface area (Å²) < 4.78 is 0.332. The highest BCUT2D eigenvalue weighted by atomic mass is 127. The molecule has 7 heavy (non-hydrogen) atoms. The van der Waals surface area contributed by atoms with Crippen LogP contribution >= 0.6 is 22.6 Å². The Morgan fingerprint density at radius 2 is 2.43 bits per heavy atom. The molecular weight excluding hydrogens is 209 g/mol. The fourth-order valence-electron chi connectivity index (χ4n) is 0.0911. The Morgan fingerprint density at radius 1 is 1.86 bits per heavy atom. The van der Waals surface area contributed by atoms with Gasteiger partial charge in [-0.05, 0) is 0 Å². The number of hydrogen-bond donors (Lipinski definition) is 1. The molecule has 0 aliphatic carbocycles. The number of amides is 1. The van der Waals surface area contributed by atoms with E-state index in [9.17, 15) is 4.79 Å². The fourth-order valence-corrected chi connectivity index (χ4v) is 0.244. The van der Waals surface area contributed by atoms with Gasteiger partial charge >= 0.3 is 0 Å². The molecule has 5 heteroatoms. The van der Waals surface area contributed by atoms with Crippen LogP contribution in [0.15, 0.2) is 10.3 Å². The summed E-state index contributed by atoms with van der Waals surface area (Å²) in [5, 5.41) is 5.78. The van der Waals surface area contributed by atoms with Crippen LogP contribution in [0.25, 0.3) is 0 Å². The number of carbonyl (C=O) groups excluding carboxylic acids is 1. The molecule has 0 aromatic heterocycles. The maximum absolute atomic E-state index is 10.1. The Hall–Kier alpha value is -0.200. The van der Waals surface area contributed by atoms with E-state index in [4.69, 9.17) is 0 Å². The largest absolute Gasteiger partial charge is 0.304 e. The Bertz CT molecular complexity index is 90.9. The van der Waals surface area contributed by atoms with Crippen molar-refractivity contribution in [2.75, 3.05) is 4.43 Å². The van der Waals surface area contributed by atoms with E-state index < -0.39 is 0 Å². The molecule has 4 nitrogen and oxygen atoms in total. The Kier molecular flexibility index (Phi) is 3.86. The lowest BCUT2D eigenvalue weighted by molar-refractivity contribution is -0.115. The maximum Gasteiger partial charge on any atom is 0.276 e. The van der Waals surface area contributed by atoms with E-state index >= 15 is 0 Å². The molecule has 1 amide bonds. The zero-order chi connectivity index (χ0) is 5.70. The normalized spacial score (nSPS) is 9.86. The molecular formula is C2H4IN3O. The van der Waals surface area contributed by atoms with Gasteiger partial charge in [-0.25, -0.2) is 0 Å². The molecule has 0 saturated carbocycles. The lowest BCUT2D eigenvalue weighted by atomic mass is 10.8. The Morgan fingerprint density at radius 3 is 2.57 bits per heavy atom. The number of nitrogens with two attached hydrogens (primary N) is 1. The third-order valence-corrected chi connectivity index (χ3v) is 0.936. The number of nitrogens with zero attached hydrogens (tertiary/aromatic N) is 2. The third-order valence-electron chi connectivity index (χ3n) is 0.284. The van der Waals surface area contributed by atoms with E-state index in [1.54, 1.807) is 0 Å². The molecule has 0 aliphatic rings. The number of alkyl halides is 1. The van der Waals surface area contributed by atoms with Crippen LogP contribution in [0.2, 0.25) is 0 Å². The van der Waals surface area contributed by atoms with Crippen molar-refractivity contribution in [3.63, 3.8) is 0 Å². The summed E-state index contributed by atoms with van der Waals surface area (Å²) in [6, 6.07) is 0. The average molecular weight is 213 g/mol. The van der Waals surface area contributed by atoms with Crippen LogP contribution in [0.3, 0.4) is 0 Å². The van der Waals surface area contributed by atoms with Gasteiger partial charge in [0.15, 0.2) is 0 Å². The summed E-state index contributed by atoms with van der Waals surface area (Å²) in [7, 11) is 0. The van der Waals surface area contributed by atoms with Crippen molar-refractivity contribution in [1.29, 1.82) is 0 Å². The lowest BCUT2D eigenvalue weighted by Crippen LogP contribution is -1.92. The van der Waals surface area contributed by atoms with Gasteiger partial charge < -0.3 is 5.84 Å². The van der Waals surface area contributed by atoms with Gasteiger partial charge in [-0.1, -0.05) is 32.9 Å². The number of halogens is 1. The minimum atomic E-state index is -0.303. The molecule has 0 aliphatic heterocycles. The van der Waals surface area contributed by atoms with Gasteiger partial charge in [0.1, 0.15) is 0 Å². The molecule has 40 valence electrons. The number of carbonyl (C=O) groups is 1. The summed E-state index contributed by atoms with van der Waals surface area (Å²) in [4.78, 5) is 10.1. The van der Waals surface area contributed by atoms with Gasteiger partial charge in [-0.3, -0.25) is 4.79 Å². The zero-order valence-electron chi connectivity index (χ0n) is 3.47. The summed E-state index contributed by atoms with van der Waals surface area (Å²) in [5.41, 5.74) is 0. The Balaban J connectivity index is 3.37. The topological polar surface area (TPSA) is 67.8 Å². The quantitative estimate of drug-likeness (QED) is 0.223. The van der Waals surface area contributed by atoms with Crippen LogP contribution in [0.5, 0.6) is 0 Å². The van der Waals surface area contributed by atoms with E-state index in [2.05, 4.69) is 16.2 Å². The Labute approximate surface area is 54.3 Å². The zero-order valence-corrected chi connectivity index (χ0v) is 5.62.